The lowest BCUT2D eigenvalue weighted by molar-refractivity contribution is -0.134. The van der Waals surface area contributed by atoms with Gasteiger partial charge in [0.1, 0.15) is 5.75 Å². The molecular weight excluding hydrogens is 284 g/mol. The van der Waals surface area contributed by atoms with Crippen molar-refractivity contribution in [2.75, 3.05) is 26.1 Å². The highest BCUT2D eigenvalue weighted by Gasteiger charge is 2.18. The molecule has 0 heterocycles. The average Bonchev–Trinajstić information content (AvgIpc) is 2.39. The number of carboxylic acid groups (broad SMARTS) is 1. The van der Waals surface area contributed by atoms with E-state index < -0.39 is 21.6 Å². The molecule has 0 spiro atoms. The molecule has 0 radical (unpaired) electrons. The molecule has 7 heteroatoms. The van der Waals surface area contributed by atoms with Crippen LogP contribution in [0.25, 0.3) is 0 Å². The van der Waals surface area contributed by atoms with E-state index in [1.165, 1.54) is 31.4 Å². The van der Waals surface area contributed by atoms with Crippen molar-refractivity contribution in [2.45, 2.75) is 18.7 Å². The quantitative estimate of drug-likeness (QED) is 0.858. The molecule has 0 fully saturated rings. The van der Waals surface area contributed by atoms with E-state index in [0.29, 0.717) is 5.75 Å². The molecule has 1 N–H and O–H groups in total. The second-order valence-corrected chi connectivity index (χ2v) is 5.60. The number of carboxylic acids is 1. The lowest BCUT2D eigenvalue weighted by Gasteiger charge is -2.02. The van der Waals surface area contributed by atoms with E-state index in [1.807, 2.05) is 13.8 Å². The van der Waals surface area contributed by atoms with Crippen LogP contribution in [-0.4, -0.2) is 45.6 Å². The zero-order valence-electron chi connectivity index (χ0n) is 11.8. The van der Waals surface area contributed by atoms with Crippen molar-refractivity contribution in [3.8, 4) is 5.75 Å². The summed E-state index contributed by atoms with van der Waals surface area (Å²) in [7, 11) is -2.28. The molecule has 1 aromatic carbocycles. The normalized spacial score (nSPS) is 10.3. The minimum Gasteiger partial charge on any atom is -0.497 e. The fraction of sp³-hybridized carbons (Fsp3) is 0.462. The fourth-order valence-corrected chi connectivity index (χ4v) is 2.28. The van der Waals surface area contributed by atoms with Gasteiger partial charge in [-0.2, -0.15) is 0 Å². The third kappa shape index (κ3) is 7.10. The molecule has 0 amide bonds. The second kappa shape index (κ2) is 9.33. The monoisotopic (exact) mass is 304 g/mol. The van der Waals surface area contributed by atoms with E-state index in [4.69, 9.17) is 14.6 Å². The summed E-state index contributed by atoms with van der Waals surface area (Å²) in [6, 6.07) is 5.57. The number of carbonyl (C=O) groups is 1. The molecule has 0 aliphatic heterocycles. The lowest BCUT2D eigenvalue weighted by Crippen LogP contribution is -2.15. The largest absolute Gasteiger partial charge is 0.497 e. The summed E-state index contributed by atoms with van der Waals surface area (Å²) in [5.41, 5.74) is 0. The van der Waals surface area contributed by atoms with E-state index >= 15 is 0 Å². The predicted octanol–water partition coefficient (Wildman–Crippen LogP) is 1.60. The van der Waals surface area contributed by atoms with Crippen LogP contribution in [0.4, 0.5) is 0 Å². The molecule has 0 aliphatic rings. The number of ether oxygens (including phenoxy) is 2. The second-order valence-electron chi connectivity index (χ2n) is 3.61. The minimum absolute atomic E-state index is 0.0225. The number of hydrogen-bond donors (Lipinski definition) is 1. The highest BCUT2D eigenvalue weighted by Crippen LogP contribution is 2.16. The molecule has 0 saturated heterocycles. The highest BCUT2D eigenvalue weighted by molar-refractivity contribution is 7.92. The van der Waals surface area contributed by atoms with Gasteiger partial charge < -0.3 is 14.6 Å². The first kappa shape index (κ1) is 18.4. The van der Waals surface area contributed by atoms with Crippen molar-refractivity contribution in [2.24, 2.45) is 0 Å². The van der Waals surface area contributed by atoms with Crippen molar-refractivity contribution >= 4 is 15.8 Å². The Morgan fingerprint density at radius 1 is 1.15 bits per heavy atom. The Morgan fingerprint density at radius 2 is 1.65 bits per heavy atom. The summed E-state index contributed by atoms with van der Waals surface area (Å²) in [4.78, 5) is 10.3. The number of rotatable bonds is 6. The van der Waals surface area contributed by atoms with Gasteiger partial charge in [0.2, 0.25) is 0 Å². The lowest BCUT2D eigenvalue weighted by atomic mass is 10.3. The predicted molar refractivity (Wildman–Crippen MR) is 74.8 cm³/mol. The van der Waals surface area contributed by atoms with Gasteiger partial charge in [-0.25, -0.2) is 8.42 Å². The maximum absolute atomic E-state index is 11.4. The summed E-state index contributed by atoms with van der Waals surface area (Å²) < 4.78 is 32.5. The Hall–Kier alpha value is -1.60. The molecule has 0 saturated carbocycles. The molecule has 1 aromatic rings. The Labute approximate surface area is 119 Å². The Kier molecular flexibility index (Phi) is 8.58. The van der Waals surface area contributed by atoms with Crippen molar-refractivity contribution in [3.05, 3.63) is 24.3 Å². The van der Waals surface area contributed by atoms with Crippen molar-refractivity contribution < 1.29 is 27.8 Å². The first-order chi connectivity index (χ1) is 9.37. The SMILES string of the molecule is CCOCC.COc1ccc(S(=O)(=O)CC(=O)O)cc1. The number of sulfone groups is 1. The van der Waals surface area contributed by atoms with Crippen LogP contribution in [0.1, 0.15) is 13.8 Å². The van der Waals surface area contributed by atoms with Crippen LogP contribution in [0.3, 0.4) is 0 Å². The zero-order chi connectivity index (χ0) is 15.6. The third-order valence-corrected chi connectivity index (χ3v) is 3.76. The number of benzene rings is 1. The van der Waals surface area contributed by atoms with E-state index in [-0.39, 0.29) is 4.90 Å². The van der Waals surface area contributed by atoms with Crippen LogP contribution >= 0.6 is 0 Å². The van der Waals surface area contributed by atoms with Gasteiger partial charge in [0.05, 0.1) is 12.0 Å². The topological polar surface area (TPSA) is 89.9 Å². The van der Waals surface area contributed by atoms with Gasteiger partial charge in [-0.3, -0.25) is 4.79 Å². The van der Waals surface area contributed by atoms with Crippen molar-refractivity contribution in [1.82, 2.24) is 0 Å². The van der Waals surface area contributed by atoms with Crippen LogP contribution in [0.2, 0.25) is 0 Å². The molecule has 0 aromatic heterocycles. The van der Waals surface area contributed by atoms with Gasteiger partial charge in [0, 0.05) is 13.2 Å². The molecular formula is C13H20O6S. The van der Waals surface area contributed by atoms with E-state index in [2.05, 4.69) is 0 Å². The van der Waals surface area contributed by atoms with Crippen LogP contribution in [0, 0.1) is 0 Å². The third-order valence-electron chi connectivity index (χ3n) is 2.14. The van der Waals surface area contributed by atoms with Gasteiger partial charge in [-0.15, -0.1) is 0 Å². The Balaban J connectivity index is 0.000000621. The molecule has 0 aliphatic carbocycles. The van der Waals surface area contributed by atoms with E-state index in [0.717, 1.165) is 13.2 Å². The van der Waals surface area contributed by atoms with Crippen LogP contribution in [-0.2, 0) is 19.4 Å². The molecule has 114 valence electrons. The molecule has 6 nitrogen and oxygen atoms in total. The minimum atomic E-state index is -3.74. The van der Waals surface area contributed by atoms with Gasteiger partial charge in [0.25, 0.3) is 0 Å². The summed E-state index contributed by atoms with van der Waals surface area (Å²) in [5, 5.41) is 8.41. The summed E-state index contributed by atoms with van der Waals surface area (Å²) >= 11 is 0. The van der Waals surface area contributed by atoms with Crippen LogP contribution in [0.5, 0.6) is 5.75 Å². The summed E-state index contributed by atoms with van der Waals surface area (Å²) in [6.07, 6.45) is 0. The van der Waals surface area contributed by atoms with Gasteiger partial charge in [0.15, 0.2) is 15.6 Å². The van der Waals surface area contributed by atoms with Gasteiger partial charge in [-0.1, -0.05) is 0 Å². The van der Waals surface area contributed by atoms with Crippen LogP contribution in [0.15, 0.2) is 29.2 Å². The highest BCUT2D eigenvalue weighted by atomic mass is 32.2. The molecule has 0 bridgehead atoms. The van der Waals surface area contributed by atoms with Crippen LogP contribution < -0.4 is 4.74 Å². The number of methoxy groups -OCH3 is 1. The molecule has 20 heavy (non-hydrogen) atoms. The van der Waals surface area contributed by atoms with Crippen molar-refractivity contribution in [3.63, 3.8) is 0 Å². The molecule has 1 rings (SSSR count). The molecule has 0 unspecified atom stereocenters. The van der Waals surface area contributed by atoms with E-state index in [9.17, 15) is 13.2 Å². The standard InChI is InChI=1S/C9H10O5S.C4H10O/c1-14-7-2-4-8(5-3-7)15(12,13)6-9(10)11;1-3-5-4-2/h2-5H,6H2,1H3,(H,10,11);3-4H2,1-2H3. The van der Waals surface area contributed by atoms with E-state index in [1.54, 1.807) is 0 Å². The van der Waals surface area contributed by atoms with Gasteiger partial charge >= 0.3 is 5.97 Å². The number of aliphatic carboxylic acids is 1. The molecule has 0 atom stereocenters. The first-order valence-corrected chi connectivity index (χ1v) is 7.68. The van der Waals surface area contributed by atoms with Crippen molar-refractivity contribution in [1.29, 1.82) is 0 Å². The Bertz CT molecular complexity index is 490. The zero-order valence-corrected chi connectivity index (χ0v) is 12.6. The fourth-order valence-electron chi connectivity index (χ4n) is 1.23. The maximum atomic E-state index is 11.4. The average molecular weight is 304 g/mol. The Morgan fingerprint density at radius 3 is 1.95 bits per heavy atom. The first-order valence-electron chi connectivity index (χ1n) is 6.03. The maximum Gasteiger partial charge on any atom is 0.319 e. The number of hydrogen-bond acceptors (Lipinski definition) is 5. The van der Waals surface area contributed by atoms with Gasteiger partial charge in [-0.05, 0) is 38.1 Å². The summed E-state index contributed by atoms with van der Waals surface area (Å²) in [6.45, 7) is 5.67. The summed E-state index contributed by atoms with van der Waals surface area (Å²) in [5.74, 6) is -1.76. The smallest absolute Gasteiger partial charge is 0.319 e.